The van der Waals surface area contributed by atoms with Crippen LogP contribution in [0, 0.1) is 6.57 Å². The van der Waals surface area contributed by atoms with E-state index in [1.807, 2.05) is 60.6 Å². The van der Waals surface area contributed by atoms with Gasteiger partial charge in [0.2, 0.25) is 18.4 Å². The lowest BCUT2D eigenvalue weighted by molar-refractivity contribution is -0.143. The number of carbonyl (C=O) groups is 5. The van der Waals surface area contributed by atoms with Gasteiger partial charge in [0, 0.05) is 106 Å². The number of hydrogen-bond acceptors (Lipinski definition) is 16. The first-order valence-electron chi connectivity index (χ1n) is 30.3. The Bertz CT molecular complexity index is 2770. The molecule has 23 heteroatoms. The summed E-state index contributed by atoms with van der Waals surface area (Å²) in [6, 6.07) is 8.10. The average molecular weight is 1190 g/mol. The number of phenols is 1. The maximum Gasteiger partial charge on any atom is 0.318 e. The van der Waals surface area contributed by atoms with E-state index < -0.39 is 17.9 Å². The number of rotatable bonds is 26. The zero-order valence-corrected chi connectivity index (χ0v) is 50.4. The molecule has 22 nitrogen and oxygen atoms in total. The molecule has 1 aromatic heterocycles. The number of aromatic hydroxyl groups is 1. The molecule has 6 atom stereocenters. The number of ether oxygens (including phenoxy) is 1. The number of fused-ring (bicyclic) bond motifs is 2. The summed E-state index contributed by atoms with van der Waals surface area (Å²) < 4.78 is 6.58. The van der Waals surface area contributed by atoms with Crippen LogP contribution in [0.1, 0.15) is 103 Å². The number of carboxylic acid groups (broad SMARTS) is 3. The zero-order valence-electron chi connectivity index (χ0n) is 49.7. The van der Waals surface area contributed by atoms with Crippen LogP contribution in [0.25, 0.3) is 15.6 Å². The molecule has 2 aromatic carbocycles. The molecule has 0 saturated carbocycles. The van der Waals surface area contributed by atoms with E-state index in [9.17, 15) is 44.4 Å². The number of carboxylic acids is 3. The molecule has 3 saturated heterocycles. The summed E-state index contributed by atoms with van der Waals surface area (Å²) >= 11 is 6.80. The van der Waals surface area contributed by atoms with Crippen molar-refractivity contribution in [3.63, 3.8) is 0 Å². The molecule has 460 valence electrons. The van der Waals surface area contributed by atoms with Gasteiger partial charge in [-0.05, 0) is 94.5 Å². The van der Waals surface area contributed by atoms with Crippen LogP contribution < -0.4 is 19.9 Å². The van der Waals surface area contributed by atoms with Gasteiger partial charge in [0.15, 0.2) is 0 Å². The molecule has 0 unspecified atom stereocenters. The molecule has 7 rings (SSSR count). The summed E-state index contributed by atoms with van der Waals surface area (Å²) in [6.07, 6.45) is 9.89. The molecule has 5 heterocycles. The Hall–Kier alpha value is -6.35. The van der Waals surface area contributed by atoms with Crippen molar-refractivity contribution in [1.29, 1.82) is 0 Å². The van der Waals surface area contributed by atoms with E-state index in [-0.39, 0.29) is 92.5 Å². The molecule has 0 aliphatic carbocycles. The van der Waals surface area contributed by atoms with Crippen molar-refractivity contribution < 1.29 is 49.1 Å². The van der Waals surface area contributed by atoms with Gasteiger partial charge < -0.3 is 50.0 Å². The predicted octanol–water partition coefficient (Wildman–Crippen LogP) is 5.78. The van der Waals surface area contributed by atoms with Crippen LogP contribution in [0.4, 0.5) is 11.5 Å². The third-order valence-electron chi connectivity index (χ3n) is 17.5. The molecule has 84 heavy (non-hydrogen) atoms. The second kappa shape index (κ2) is 31.7. The lowest BCUT2D eigenvalue weighted by Crippen LogP contribution is -2.60. The third-order valence-corrected chi connectivity index (χ3v) is 17.8. The lowest BCUT2D eigenvalue weighted by atomic mass is 10.0. The maximum absolute atomic E-state index is 13.9. The van der Waals surface area contributed by atoms with Crippen molar-refractivity contribution in [2.24, 2.45) is 0 Å². The monoisotopic (exact) mass is 1180 g/mol. The quantitative estimate of drug-likeness (QED) is 0.0363. The molecule has 0 bridgehead atoms. The zero-order chi connectivity index (χ0) is 60.5. The van der Waals surface area contributed by atoms with E-state index >= 15 is 0 Å². The number of piperazine rings is 1. The smallest absolute Gasteiger partial charge is 0.318 e. The highest BCUT2D eigenvalue weighted by Gasteiger charge is 2.38. The van der Waals surface area contributed by atoms with Crippen LogP contribution in [0.2, 0.25) is 5.02 Å². The van der Waals surface area contributed by atoms with E-state index in [0.717, 1.165) is 85.1 Å². The average Bonchev–Trinajstić information content (AvgIpc) is 1.62. The molecule has 3 fully saturated rings. The number of halogens is 1. The number of anilines is 2. The van der Waals surface area contributed by atoms with Gasteiger partial charge in [0.05, 0.1) is 49.1 Å². The van der Waals surface area contributed by atoms with E-state index in [2.05, 4.69) is 36.3 Å². The molecule has 2 amide bonds. The number of unbranched alkanes of at least 4 members (excludes halogenated alkanes) is 3. The SMILES string of the molecule is [C-]#[N+]C[C@H]1CN(c2nc(OC[C@@H]3CCCN3CCCCCCNC(=O)CN3C[C@H](CC)N(CC(=O)O)C[C@H](CC)N(CC(=O)O)C[C@H](CC)N(CC(=O)O)C[C@@H]3CC)nc3c2CCN(c2cc(O)cc4cccc(Cl)c24)C3)CCN1C(=O)C=C. The van der Waals surface area contributed by atoms with Crippen LogP contribution in [0.5, 0.6) is 11.8 Å². The number of carbonyl (C=O) groups excluding carboxylic acids is 2. The number of likely N-dealkylation sites (tertiary alicyclic amines) is 1. The molecule has 0 radical (unpaired) electrons. The van der Waals surface area contributed by atoms with Crippen molar-refractivity contribution in [1.82, 2.24) is 44.7 Å². The topological polar surface area (TPSA) is 244 Å². The predicted molar refractivity (Wildman–Crippen MR) is 324 cm³/mol. The number of phenolic OH excluding ortho intramolecular Hbond substituents is 1. The fourth-order valence-corrected chi connectivity index (χ4v) is 13.3. The second-order valence-corrected chi connectivity index (χ2v) is 23.4. The van der Waals surface area contributed by atoms with Gasteiger partial charge in [-0.2, -0.15) is 9.97 Å². The highest BCUT2D eigenvalue weighted by Crippen LogP contribution is 2.40. The highest BCUT2D eigenvalue weighted by atomic mass is 35.5. The van der Waals surface area contributed by atoms with Gasteiger partial charge in [0.25, 0.3) is 0 Å². The molecule has 4 aliphatic heterocycles. The van der Waals surface area contributed by atoms with Crippen molar-refractivity contribution in [3.8, 4) is 11.8 Å². The number of aliphatic carboxylic acids is 3. The Morgan fingerprint density at radius 2 is 1.35 bits per heavy atom. The number of aromatic nitrogens is 2. The van der Waals surface area contributed by atoms with Crippen molar-refractivity contribution in [3.05, 3.63) is 70.7 Å². The van der Waals surface area contributed by atoms with Gasteiger partial charge in [-0.25, -0.2) is 6.57 Å². The fourth-order valence-electron chi connectivity index (χ4n) is 13.0. The third kappa shape index (κ3) is 17.4. The van der Waals surface area contributed by atoms with Gasteiger partial charge >= 0.3 is 23.9 Å². The summed E-state index contributed by atoms with van der Waals surface area (Å²) in [7, 11) is 0. The Morgan fingerprint density at radius 1 is 0.738 bits per heavy atom. The van der Waals surface area contributed by atoms with Crippen LogP contribution >= 0.6 is 11.6 Å². The number of hydrogen-bond donors (Lipinski definition) is 5. The van der Waals surface area contributed by atoms with E-state index in [4.69, 9.17) is 32.9 Å². The van der Waals surface area contributed by atoms with Gasteiger partial charge in [-0.15, -0.1) is 0 Å². The number of benzene rings is 2. The van der Waals surface area contributed by atoms with Crippen molar-refractivity contribution in [2.45, 2.75) is 141 Å². The summed E-state index contributed by atoms with van der Waals surface area (Å²) in [6.45, 7) is 25.3. The van der Waals surface area contributed by atoms with Gasteiger partial charge in [0.1, 0.15) is 24.2 Å². The van der Waals surface area contributed by atoms with Gasteiger partial charge in [-0.1, -0.05) is 70.8 Å². The first kappa shape index (κ1) is 65.2. The fraction of sp³-hybridized carbons (Fsp3) is 0.639. The first-order chi connectivity index (χ1) is 40.5. The minimum atomic E-state index is -1.00. The van der Waals surface area contributed by atoms with E-state index in [0.29, 0.717) is 109 Å². The van der Waals surface area contributed by atoms with Gasteiger partial charge in [-0.3, -0.25) is 48.5 Å². The molecule has 5 N–H and O–H groups in total. The molecule has 3 aromatic rings. The summed E-state index contributed by atoms with van der Waals surface area (Å²) in [5.74, 6) is -2.44. The van der Waals surface area contributed by atoms with Crippen LogP contribution in [-0.4, -0.2) is 237 Å². The summed E-state index contributed by atoms with van der Waals surface area (Å²) in [5, 5.41) is 46.4. The van der Waals surface area contributed by atoms with Crippen molar-refractivity contribution >= 4 is 63.6 Å². The van der Waals surface area contributed by atoms with Crippen LogP contribution in [-0.2, 0) is 36.9 Å². The summed E-state index contributed by atoms with van der Waals surface area (Å²) in [4.78, 5) is 93.8. The standard InChI is InChI=1S/C61H89ClN12O10/c1-7-43-32-71(38-56(78)79)45(9-3)34-73(40-58(82)83)46(10-4)33-72(39-57(80)81)44(8-2)31-70(43)37-54(76)64-22-14-12-13-15-23-67-24-17-19-47(67)41-84-61-65-52-36-68(53-29-49(75)28-42-18-16-20-51(62)59(42)53)25-21-50(52)60(66-61)69-26-27-74(55(77)11-5)48(35-69)30-63-6/h11,16,18,20,28-29,43-48,75H,5,7-10,12-15,17,19,21-27,30-41H2,1-4H3,(H,64,76)(H,78,79)(H,80,81)(H,82,83)/t43-,44-,45-,46-,47-,48-/m0/s1. The number of amides is 2. The molecule has 0 spiro atoms. The van der Waals surface area contributed by atoms with Crippen LogP contribution in [0.15, 0.2) is 43.0 Å². The normalized spacial score (nSPS) is 22.6. The molecular weight excluding hydrogens is 1100 g/mol. The minimum absolute atomic E-state index is 0.0650. The Kier molecular flexibility index (Phi) is 24.6. The van der Waals surface area contributed by atoms with E-state index in [1.165, 1.54) is 6.08 Å². The number of nitrogens with zero attached hydrogens (tertiary/aromatic N) is 11. The van der Waals surface area contributed by atoms with Crippen LogP contribution in [0.3, 0.4) is 0 Å². The van der Waals surface area contributed by atoms with Crippen molar-refractivity contribution in [2.75, 3.05) is 121 Å². The Balaban J connectivity index is 0.965. The lowest BCUT2D eigenvalue weighted by Gasteiger charge is -2.45. The largest absolute Gasteiger partial charge is 0.508 e. The summed E-state index contributed by atoms with van der Waals surface area (Å²) in [5.41, 5.74) is 2.60. The maximum atomic E-state index is 13.9. The van der Waals surface area contributed by atoms with E-state index in [1.54, 1.807) is 17.0 Å². The molecule has 4 aliphatic rings. The molecular formula is C61H89ClN12O10. The second-order valence-electron chi connectivity index (χ2n) is 23.0. The highest BCUT2D eigenvalue weighted by molar-refractivity contribution is 6.36. The number of nitrogens with one attached hydrogen (secondary N) is 1. The Morgan fingerprint density at radius 3 is 1.93 bits per heavy atom. The first-order valence-corrected chi connectivity index (χ1v) is 30.7. The Labute approximate surface area is 500 Å². The minimum Gasteiger partial charge on any atom is -0.508 e.